The fraction of sp³-hybridized carbons (Fsp3) is 0.920. The molecule has 0 aliphatic heterocycles. The van der Waals surface area contributed by atoms with Crippen LogP contribution in [0.3, 0.4) is 0 Å². The summed E-state index contributed by atoms with van der Waals surface area (Å²) >= 11 is 0. The smallest absolute Gasteiger partial charge is 0.0577 e. The van der Waals surface area contributed by atoms with Gasteiger partial charge in [-0.1, -0.05) is 51.7 Å². The summed E-state index contributed by atoms with van der Waals surface area (Å²) in [5.74, 6) is 7.66. The van der Waals surface area contributed by atoms with Gasteiger partial charge in [-0.2, -0.15) is 0 Å². The average molecular weight is 359 g/mol. The summed E-state index contributed by atoms with van der Waals surface area (Å²) in [7, 11) is 0. The van der Waals surface area contributed by atoms with Crippen LogP contribution in [-0.4, -0.2) is 11.2 Å². The molecule has 0 spiro atoms. The van der Waals surface area contributed by atoms with Gasteiger partial charge in [0.15, 0.2) is 0 Å². The highest BCUT2D eigenvalue weighted by Gasteiger charge is 2.50. The molecular weight excluding hydrogens is 316 g/mol. The summed E-state index contributed by atoms with van der Waals surface area (Å²) in [6.07, 6.45) is 17.5. The van der Waals surface area contributed by atoms with Gasteiger partial charge in [0.2, 0.25) is 0 Å². The molecule has 0 aromatic rings. The average Bonchev–Trinajstić information content (AvgIpc) is 3.05. The van der Waals surface area contributed by atoms with Crippen molar-refractivity contribution in [2.24, 2.45) is 47.3 Å². The van der Waals surface area contributed by atoms with Crippen LogP contribution >= 0.6 is 0 Å². The maximum Gasteiger partial charge on any atom is 0.0577 e. The number of rotatable bonds is 5. The number of fused-ring (bicyclic) bond motifs is 5. The minimum Gasteiger partial charge on any atom is -0.393 e. The largest absolute Gasteiger partial charge is 0.393 e. The lowest BCUT2D eigenvalue weighted by Gasteiger charge is -2.50. The van der Waals surface area contributed by atoms with Gasteiger partial charge in [0.1, 0.15) is 0 Å². The van der Waals surface area contributed by atoms with Crippen molar-refractivity contribution in [3.8, 4) is 0 Å². The third-order valence-electron chi connectivity index (χ3n) is 8.97. The maximum atomic E-state index is 10.1. The second-order valence-corrected chi connectivity index (χ2v) is 10.8. The van der Waals surface area contributed by atoms with Crippen LogP contribution in [0, 0.1) is 47.3 Å². The standard InChI is InChI=1S/C25H42O/c1-16(2)5-4-6-17(3)20-11-12-25-22(20)13-14-23-21-10-8-19(26)15-18(21)7-9-24(23)25/h7,16-17,19-26H,4-6,8-15H2,1-3H3/t17-,19+,20-,21+,22-,23-,24-,25-/m1/s1. The summed E-state index contributed by atoms with van der Waals surface area (Å²) in [6, 6.07) is 0. The minimum absolute atomic E-state index is 0.0482. The van der Waals surface area contributed by atoms with Crippen LogP contribution in [0.15, 0.2) is 11.6 Å². The molecule has 0 aromatic heterocycles. The number of hydrogen-bond acceptors (Lipinski definition) is 1. The molecule has 8 atom stereocenters. The Bertz CT molecular complexity index is 506. The third-order valence-corrected chi connectivity index (χ3v) is 8.97. The molecule has 0 saturated heterocycles. The van der Waals surface area contributed by atoms with Crippen molar-refractivity contribution in [2.75, 3.05) is 0 Å². The second kappa shape index (κ2) is 7.98. The van der Waals surface area contributed by atoms with Crippen molar-refractivity contribution in [3.63, 3.8) is 0 Å². The van der Waals surface area contributed by atoms with Gasteiger partial charge in [0.25, 0.3) is 0 Å². The van der Waals surface area contributed by atoms with E-state index in [1.54, 1.807) is 5.57 Å². The third kappa shape index (κ3) is 3.67. The molecule has 1 heteroatoms. The van der Waals surface area contributed by atoms with Crippen LogP contribution in [0.2, 0.25) is 0 Å². The normalized spacial score (nSPS) is 43.4. The molecule has 148 valence electrons. The van der Waals surface area contributed by atoms with Gasteiger partial charge < -0.3 is 5.11 Å². The first kappa shape index (κ1) is 19.0. The Morgan fingerprint density at radius 1 is 0.885 bits per heavy atom. The summed E-state index contributed by atoms with van der Waals surface area (Å²) in [5, 5.41) is 10.1. The zero-order valence-electron chi connectivity index (χ0n) is 17.5. The molecule has 1 N–H and O–H groups in total. The van der Waals surface area contributed by atoms with Gasteiger partial charge in [0, 0.05) is 0 Å². The number of allylic oxidation sites excluding steroid dienone is 1. The Labute approximate surface area is 162 Å². The number of aliphatic hydroxyl groups excluding tert-OH is 1. The van der Waals surface area contributed by atoms with Crippen LogP contribution in [-0.2, 0) is 0 Å². The SMILES string of the molecule is CC(C)CCC[C@@H](C)[C@H]1CC[C@@H]2[C@@H]1CC[C@H]1[C@H]2CC=C2C[C@@H](O)CC[C@@H]21. The molecule has 4 aliphatic rings. The van der Waals surface area contributed by atoms with E-state index < -0.39 is 0 Å². The summed E-state index contributed by atoms with van der Waals surface area (Å²) in [4.78, 5) is 0. The molecule has 0 amide bonds. The fourth-order valence-corrected chi connectivity index (χ4v) is 7.72. The van der Waals surface area contributed by atoms with Gasteiger partial charge in [-0.25, -0.2) is 0 Å². The quantitative estimate of drug-likeness (QED) is 0.548. The Morgan fingerprint density at radius 3 is 2.46 bits per heavy atom. The lowest BCUT2D eigenvalue weighted by atomic mass is 9.56. The first-order valence-electron chi connectivity index (χ1n) is 11.9. The Kier molecular flexibility index (Phi) is 5.84. The molecule has 0 aromatic carbocycles. The molecular formula is C25H42O. The number of hydrogen-bond donors (Lipinski definition) is 1. The molecule has 3 saturated carbocycles. The highest BCUT2D eigenvalue weighted by molar-refractivity contribution is 5.19. The maximum absolute atomic E-state index is 10.1. The summed E-state index contributed by atoms with van der Waals surface area (Å²) in [5.41, 5.74) is 1.64. The van der Waals surface area contributed by atoms with Crippen molar-refractivity contribution in [1.82, 2.24) is 0 Å². The van der Waals surface area contributed by atoms with E-state index in [0.717, 1.165) is 60.2 Å². The predicted molar refractivity (Wildman–Crippen MR) is 110 cm³/mol. The van der Waals surface area contributed by atoms with Crippen molar-refractivity contribution >= 4 is 0 Å². The van der Waals surface area contributed by atoms with Crippen molar-refractivity contribution < 1.29 is 5.11 Å². The number of aliphatic hydroxyl groups is 1. The zero-order chi connectivity index (χ0) is 18.3. The van der Waals surface area contributed by atoms with Gasteiger partial charge in [0.05, 0.1) is 6.10 Å². The van der Waals surface area contributed by atoms with E-state index in [-0.39, 0.29) is 6.10 Å². The van der Waals surface area contributed by atoms with E-state index in [1.165, 1.54) is 57.8 Å². The zero-order valence-corrected chi connectivity index (χ0v) is 17.5. The second-order valence-electron chi connectivity index (χ2n) is 10.8. The molecule has 0 unspecified atom stereocenters. The van der Waals surface area contributed by atoms with Gasteiger partial charge in [-0.3, -0.25) is 0 Å². The minimum atomic E-state index is -0.0482. The van der Waals surface area contributed by atoms with Crippen LogP contribution in [0.25, 0.3) is 0 Å². The predicted octanol–water partition coefficient (Wildman–Crippen LogP) is 6.61. The van der Waals surface area contributed by atoms with Crippen molar-refractivity contribution in [2.45, 2.75) is 97.5 Å². The van der Waals surface area contributed by atoms with E-state index in [0.29, 0.717) is 0 Å². The van der Waals surface area contributed by atoms with Crippen LogP contribution < -0.4 is 0 Å². The highest BCUT2D eigenvalue weighted by Crippen LogP contribution is 2.59. The molecule has 4 aliphatic carbocycles. The molecule has 4 rings (SSSR count). The van der Waals surface area contributed by atoms with Crippen LogP contribution in [0.1, 0.15) is 91.4 Å². The van der Waals surface area contributed by atoms with Gasteiger partial charge in [-0.05, 0) is 98.7 Å². The molecule has 3 fully saturated rings. The fourth-order valence-electron chi connectivity index (χ4n) is 7.72. The summed E-state index contributed by atoms with van der Waals surface area (Å²) < 4.78 is 0. The Balaban J connectivity index is 1.39. The lowest BCUT2D eigenvalue weighted by Crippen LogP contribution is -2.42. The van der Waals surface area contributed by atoms with E-state index >= 15 is 0 Å². The molecule has 0 radical (unpaired) electrons. The highest BCUT2D eigenvalue weighted by atomic mass is 16.3. The van der Waals surface area contributed by atoms with E-state index in [9.17, 15) is 5.11 Å². The van der Waals surface area contributed by atoms with E-state index in [1.807, 2.05) is 0 Å². The van der Waals surface area contributed by atoms with Crippen molar-refractivity contribution in [1.29, 1.82) is 0 Å². The van der Waals surface area contributed by atoms with E-state index in [4.69, 9.17) is 0 Å². The molecule has 26 heavy (non-hydrogen) atoms. The monoisotopic (exact) mass is 358 g/mol. The molecule has 0 heterocycles. The first-order valence-corrected chi connectivity index (χ1v) is 11.9. The van der Waals surface area contributed by atoms with Crippen molar-refractivity contribution in [3.05, 3.63) is 11.6 Å². The van der Waals surface area contributed by atoms with Crippen LogP contribution in [0.4, 0.5) is 0 Å². The topological polar surface area (TPSA) is 20.2 Å². The Hall–Kier alpha value is -0.300. The van der Waals surface area contributed by atoms with E-state index in [2.05, 4.69) is 26.8 Å². The van der Waals surface area contributed by atoms with Crippen LogP contribution in [0.5, 0.6) is 0 Å². The van der Waals surface area contributed by atoms with Gasteiger partial charge >= 0.3 is 0 Å². The first-order chi connectivity index (χ1) is 12.5. The molecule has 0 bridgehead atoms. The lowest BCUT2D eigenvalue weighted by molar-refractivity contribution is 0.0281. The summed E-state index contributed by atoms with van der Waals surface area (Å²) in [6.45, 7) is 7.31. The Morgan fingerprint density at radius 2 is 1.65 bits per heavy atom. The molecule has 1 nitrogen and oxygen atoms in total. The van der Waals surface area contributed by atoms with Gasteiger partial charge in [-0.15, -0.1) is 0 Å².